The van der Waals surface area contributed by atoms with Crippen LogP contribution in [0.3, 0.4) is 0 Å². The number of halogens is 1. The average molecular weight is 341 g/mol. The monoisotopic (exact) mass is 341 g/mol. The van der Waals surface area contributed by atoms with Crippen molar-refractivity contribution in [3.8, 4) is 5.75 Å². The molecule has 0 saturated heterocycles. The first-order valence-corrected chi connectivity index (χ1v) is 8.11. The molecule has 0 bridgehead atoms. The fraction of sp³-hybridized carbons (Fsp3) is 0.263. The van der Waals surface area contributed by atoms with E-state index in [1.807, 2.05) is 6.07 Å². The molecule has 0 spiro atoms. The number of ether oxygens (including phenoxy) is 1. The second-order valence-corrected chi connectivity index (χ2v) is 6.32. The summed E-state index contributed by atoms with van der Waals surface area (Å²) in [7, 11) is 0. The second kappa shape index (κ2) is 5.88. The highest BCUT2D eigenvalue weighted by molar-refractivity contribution is 5.90. The zero-order valence-corrected chi connectivity index (χ0v) is 13.4. The number of amides is 1. The Morgan fingerprint density at radius 1 is 1.20 bits per heavy atom. The standard InChI is InChI=1S/C19H16FNO4/c20-13-4-5-16-12(8-13)9-17(25-16)18(22)21-7-6-14-11(10-21)2-1-3-15(14)19(23)24/h1-5,8,17H,6-7,9-10H2,(H,23,24). The maximum absolute atomic E-state index is 13.3. The fourth-order valence-corrected chi connectivity index (χ4v) is 3.56. The lowest BCUT2D eigenvalue weighted by molar-refractivity contribution is -0.138. The van der Waals surface area contributed by atoms with Gasteiger partial charge in [0.1, 0.15) is 11.6 Å². The molecule has 5 nitrogen and oxygen atoms in total. The Morgan fingerprint density at radius 3 is 2.84 bits per heavy atom. The maximum Gasteiger partial charge on any atom is 0.335 e. The third-order valence-electron chi connectivity index (χ3n) is 4.78. The summed E-state index contributed by atoms with van der Waals surface area (Å²) in [5.74, 6) is -0.898. The minimum Gasteiger partial charge on any atom is -0.480 e. The number of carboxylic acids is 1. The molecule has 4 rings (SSSR count). The van der Waals surface area contributed by atoms with Crippen LogP contribution in [0.25, 0.3) is 0 Å². The molecular formula is C19H16FNO4. The quantitative estimate of drug-likeness (QED) is 0.911. The number of benzene rings is 2. The van der Waals surface area contributed by atoms with Gasteiger partial charge in [0.05, 0.1) is 5.56 Å². The summed E-state index contributed by atoms with van der Waals surface area (Å²) in [5, 5.41) is 9.28. The van der Waals surface area contributed by atoms with Crippen LogP contribution in [0.5, 0.6) is 5.75 Å². The highest BCUT2D eigenvalue weighted by Gasteiger charge is 2.34. The van der Waals surface area contributed by atoms with Gasteiger partial charge in [0.15, 0.2) is 6.10 Å². The zero-order valence-electron chi connectivity index (χ0n) is 13.4. The molecule has 2 aliphatic heterocycles. The van der Waals surface area contributed by atoms with Crippen LogP contribution < -0.4 is 4.74 Å². The lowest BCUT2D eigenvalue weighted by Crippen LogP contribution is -2.44. The van der Waals surface area contributed by atoms with Crippen molar-refractivity contribution in [2.45, 2.75) is 25.5 Å². The van der Waals surface area contributed by atoms with Crippen molar-refractivity contribution >= 4 is 11.9 Å². The van der Waals surface area contributed by atoms with Gasteiger partial charge >= 0.3 is 5.97 Å². The number of hydrogen-bond acceptors (Lipinski definition) is 3. The van der Waals surface area contributed by atoms with Crippen LogP contribution in [-0.4, -0.2) is 34.5 Å². The maximum atomic E-state index is 13.3. The number of carboxylic acid groups (broad SMARTS) is 1. The van der Waals surface area contributed by atoms with E-state index in [0.717, 1.165) is 11.1 Å². The Hall–Kier alpha value is -2.89. The molecule has 6 heteroatoms. The van der Waals surface area contributed by atoms with E-state index < -0.39 is 12.1 Å². The highest BCUT2D eigenvalue weighted by Crippen LogP contribution is 2.31. The first-order valence-electron chi connectivity index (χ1n) is 8.11. The minimum atomic E-state index is -0.951. The molecule has 1 amide bonds. The average Bonchev–Trinajstić information content (AvgIpc) is 3.03. The number of carbonyl (C=O) groups is 2. The van der Waals surface area contributed by atoms with Crippen molar-refractivity contribution in [3.05, 3.63) is 64.5 Å². The predicted octanol–water partition coefficient (Wildman–Crippen LogP) is 2.41. The Bertz CT molecular complexity index is 880. The van der Waals surface area contributed by atoms with E-state index in [9.17, 15) is 19.1 Å². The van der Waals surface area contributed by atoms with Gasteiger partial charge in [-0.05, 0) is 41.8 Å². The molecule has 25 heavy (non-hydrogen) atoms. The number of rotatable bonds is 2. The number of aromatic carboxylic acids is 1. The van der Waals surface area contributed by atoms with Crippen LogP contribution in [0.2, 0.25) is 0 Å². The summed E-state index contributed by atoms with van der Waals surface area (Å²) >= 11 is 0. The first-order chi connectivity index (χ1) is 12.0. The lowest BCUT2D eigenvalue weighted by Gasteiger charge is -2.31. The number of fused-ring (bicyclic) bond motifs is 2. The molecule has 0 fully saturated rings. The van der Waals surface area contributed by atoms with E-state index in [2.05, 4.69) is 0 Å². The van der Waals surface area contributed by atoms with Crippen molar-refractivity contribution in [1.29, 1.82) is 0 Å². The molecule has 0 aromatic heterocycles. The molecule has 2 aromatic carbocycles. The van der Waals surface area contributed by atoms with Crippen molar-refractivity contribution in [1.82, 2.24) is 4.90 Å². The molecule has 0 saturated carbocycles. The van der Waals surface area contributed by atoms with Crippen LogP contribution in [0.1, 0.15) is 27.0 Å². The number of nitrogens with zero attached hydrogens (tertiary/aromatic N) is 1. The van der Waals surface area contributed by atoms with Crippen LogP contribution in [0, 0.1) is 5.82 Å². The van der Waals surface area contributed by atoms with Gasteiger partial charge in [-0.25, -0.2) is 9.18 Å². The van der Waals surface area contributed by atoms with E-state index in [1.54, 1.807) is 23.1 Å². The van der Waals surface area contributed by atoms with E-state index in [4.69, 9.17) is 4.74 Å². The highest BCUT2D eigenvalue weighted by atomic mass is 19.1. The molecule has 0 aliphatic carbocycles. The SMILES string of the molecule is O=C(O)c1cccc2c1CCN(C(=O)C1Cc3cc(F)ccc3O1)C2. The molecule has 2 aliphatic rings. The van der Waals surface area contributed by atoms with Crippen molar-refractivity contribution in [2.75, 3.05) is 6.54 Å². The summed E-state index contributed by atoms with van der Waals surface area (Å²) in [6.07, 6.45) is 0.198. The third kappa shape index (κ3) is 2.73. The zero-order chi connectivity index (χ0) is 17.6. The van der Waals surface area contributed by atoms with Crippen molar-refractivity contribution < 1.29 is 23.8 Å². The summed E-state index contributed by atoms with van der Waals surface area (Å²) < 4.78 is 19.0. The van der Waals surface area contributed by atoms with Crippen LogP contribution in [0.15, 0.2) is 36.4 Å². The minimum absolute atomic E-state index is 0.150. The Labute approximate surface area is 143 Å². The third-order valence-corrected chi connectivity index (χ3v) is 4.78. The number of carbonyl (C=O) groups excluding carboxylic acids is 1. The smallest absolute Gasteiger partial charge is 0.335 e. The summed E-state index contributed by atoms with van der Waals surface area (Å²) in [6, 6.07) is 9.39. The summed E-state index contributed by atoms with van der Waals surface area (Å²) in [4.78, 5) is 25.8. The topological polar surface area (TPSA) is 66.8 Å². The van der Waals surface area contributed by atoms with Crippen LogP contribution >= 0.6 is 0 Å². The normalized spacial score (nSPS) is 18.3. The molecule has 0 radical (unpaired) electrons. The van der Waals surface area contributed by atoms with E-state index in [-0.39, 0.29) is 11.7 Å². The van der Waals surface area contributed by atoms with Gasteiger partial charge in [-0.2, -0.15) is 0 Å². The van der Waals surface area contributed by atoms with Gasteiger partial charge in [-0.15, -0.1) is 0 Å². The molecule has 128 valence electrons. The largest absolute Gasteiger partial charge is 0.480 e. The molecular weight excluding hydrogens is 325 g/mol. The molecule has 1 unspecified atom stereocenters. The van der Waals surface area contributed by atoms with Crippen LogP contribution in [-0.2, 0) is 24.2 Å². The summed E-state index contributed by atoms with van der Waals surface area (Å²) in [5.41, 5.74) is 2.63. The van der Waals surface area contributed by atoms with Gasteiger partial charge in [-0.1, -0.05) is 12.1 Å². The van der Waals surface area contributed by atoms with Gasteiger partial charge in [0, 0.05) is 25.1 Å². The van der Waals surface area contributed by atoms with E-state index in [1.165, 1.54) is 12.1 Å². The van der Waals surface area contributed by atoms with Gasteiger partial charge in [-0.3, -0.25) is 4.79 Å². The van der Waals surface area contributed by atoms with E-state index >= 15 is 0 Å². The van der Waals surface area contributed by atoms with Crippen LogP contribution in [0.4, 0.5) is 4.39 Å². The van der Waals surface area contributed by atoms with Gasteiger partial charge in [0.2, 0.25) is 0 Å². The predicted molar refractivity (Wildman–Crippen MR) is 87.0 cm³/mol. The lowest BCUT2D eigenvalue weighted by atomic mass is 9.94. The fourth-order valence-electron chi connectivity index (χ4n) is 3.56. The van der Waals surface area contributed by atoms with Crippen molar-refractivity contribution in [2.24, 2.45) is 0 Å². The van der Waals surface area contributed by atoms with Gasteiger partial charge in [0.25, 0.3) is 5.91 Å². The van der Waals surface area contributed by atoms with Crippen molar-refractivity contribution in [3.63, 3.8) is 0 Å². The molecule has 2 heterocycles. The summed E-state index contributed by atoms with van der Waals surface area (Å²) in [6.45, 7) is 0.806. The van der Waals surface area contributed by atoms with Gasteiger partial charge < -0.3 is 14.7 Å². The van der Waals surface area contributed by atoms with E-state index in [0.29, 0.717) is 42.8 Å². The molecule has 2 aromatic rings. The Kier molecular flexibility index (Phi) is 3.67. The second-order valence-electron chi connectivity index (χ2n) is 6.32. The Morgan fingerprint density at radius 2 is 2.04 bits per heavy atom. The number of hydrogen-bond donors (Lipinski definition) is 1. The Balaban J connectivity index is 1.52. The molecule has 1 atom stereocenters. The first kappa shape index (κ1) is 15.6. The molecule has 1 N–H and O–H groups in total.